The van der Waals surface area contributed by atoms with E-state index in [1.54, 1.807) is 0 Å². The first kappa shape index (κ1) is 33.2. The summed E-state index contributed by atoms with van der Waals surface area (Å²) in [5.74, 6) is 0.278. The highest BCUT2D eigenvalue weighted by Crippen LogP contribution is 2.48. The topological polar surface area (TPSA) is 20.3 Å². The Hall–Kier alpha value is -3.22. The van der Waals surface area contributed by atoms with Crippen molar-refractivity contribution in [3.63, 3.8) is 0 Å². The number of benzene rings is 4. The van der Waals surface area contributed by atoms with Gasteiger partial charge in [0.15, 0.2) is 0 Å². The van der Waals surface area contributed by atoms with Crippen LogP contribution in [-0.2, 0) is 17.6 Å². The van der Waals surface area contributed by atoms with Crippen LogP contribution in [0.1, 0.15) is 71.7 Å². The fourth-order valence-electron chi connectivity index (χ4n) is 7.83. The number of aryl methyl sites for hydroxylation is 6. The molecule has 0 bridgehead atoms. The van der Waals surface area contributed by atoms with Crippen LogP contribution in [0.2, 0.25) is 0 Å². The van der Waals surface area contributed by atoms with E-state index in [2.05, 4.69) is 152 Å². The molecule has 0 unspecified atom stereocenters. The van der Waals surface area contributed by atoms with Crippen molar-refractivity contribution in [2.45, 2.75) is 87.6 Å². The third-order valence-corrected chi connectivity index (χ3v) is 12.5. The third-order valence-electron chi connectivity index (χ3n) is 9.83. The van der Waals surface area contributed by atoms with Crippen LogP contribution in [0, 0.1) is 52.4 Å². The molecule has 5 rings (SSSR count). The average Bonchev–Trinajstić information content (AvgIpc) is 3.33. The van der Waals surface area contributed by atoms with Crippen LogP contribution in [0.15, 0.2) is 84.9 Å². The maximum atomic E-state index is 14.4. The summed E-state index contributed by atoms with van der Waals surface area (Å²) in [5.41, 5.74) is 10.5. The molecular weight excluding hydrogens is 565 g/mol. The molecule has 236 valence electrons. The Labute approximate surface area is 274 Å². The maximum Gasteiger partial charge on any atom is 0.228 e. The minimum absolute atomic E-state index is 0.0600. The summed E-state index contributed by atoms with van der Waals surface area (Å²) in [4.78, 5) is 16.7. The third kappa shape index (κ3) is 7.44. The summed E-state index contributed by atoms with van der Waals surface area (Å²) in [7, 11) is -0.637. The standard InChI is InChI=1S/C42H52NOP/c1-29-20-31(3)38(32(4)21-29)25-42(26-39-33(5)22-30(2)23-34(39)6)24-35(43(28-42)40(44)41(7,8)9)27-45(36-16-12-10-13-17-36)37-18-14-11-15-19-37/h10-23,35H,24-28H2,1-9H3/t35-/m0/s1. The minimum atomic E-state index is -0.637. The first-order valence-corrected chi connectivity index (χ1v) is 18.1. The van der Waals surface area contributed by atoms with E-state index in [1.165, 1.54) is 55.1 Å². The summed E-state index contributed by atoms with van der Waals surface area (Å²) in [6, 6.07) is 31.5. The highest BCUT2D eigenvalue weighted by molar-refractivity contribution is 7.73. The molecule has 1 heterocycles. The molecule has 0 N–H and O–H groups in total. The van der Waals surface area contributed by atoms with Gasteiger partial charge in [0.25, 0.3) is 0 Å². The van der Waals surface area contributed by atoms with E-state index in [0.717, 1.165) is 32.0 Å². The maximum absolute atomic E-state index is 14.4. The SMILES string of the molecule is Cc1cc(C)c(CC2(Cc3c(C)cc(C)cc3C)C[C@@H](CP(c3ccccc3)c3ccccc3)N(C(=O)C(C)(C)C)C2)c(C)c1. The molecule has 0 aromatic heterocycles. The van der Waals surface area contributed by atoms with Crippen LogP contribution in [0.25, 0.3) is 0 Å². The molecule has 4 aromatic carbocycles. The number of hydrogen-bond acceptors (Lipinski definition) is 1. The molecule has 1 amide bonds. The lowest BCUT2D eigenvalue weighted by Crippen LogP contribution is -2.45. The number of rotatable bonds is 8. The number of hydrogen-bond donors (Lipinski definition) is 0. The van der Waals surface area contributed by atoms with Crippen LogP contribution >= 0.6 is 7.92 Å². The van der Waals surface area contributed by atoms with Gasteiger partial charge < -0.3 is 4.90 Å². The van der Waals surface area contributed by atoms with E-state index in [0.29, 0.717) is 0 Å². The van der Waals surface area contributed by atoms with Crippen molar-refractivity contribution in [1.82, 2.24) is 4.90 Å². The Kier molecular flexibility index (Phi) is 9.76. The highest BCUT2D eigenvalue weighted by atomic mass is 31.1. The summed E-state index contributed by atoms with van der Waals surface area (Å²) >= 11 is 0. The number of likely N-dealkylation sites (tertiary alicyclic amines) is 1. The molecule has 1 saturated heterocycles. The average molecular weight is 618 g/mol. The fraction of sp³-hybridized carbons (Fsp3) is 0.405. The summed E-state index contributed by atoms with van der Waals surface area (Å²) in [6.07, 6.45) is 3.95. The fourth-order valence-corrected chi connectivity index (χ4v) is 10.4. The zero-order chi connectivity index (χ0) is 32.5. The van der Waals surface area contributed by atoms with Gasteiger partial charge in [-0.2, -0.15) is 0 Å². The van der Waals surface area contributed by atoms with E-state index in [4.69, 9.17) is 0 Å². The van der Waals surface area contributed by atoms with Gasteiger partial charge >= 0.3 is 0 Å². The van der Waals surface area contributed by atoms with Gasteiger partial charge in [-0.3, -0.25) is 4.79 Å². The van der Waals surface area contributed by atoms with E-state index >= 15 is 0 Å². The number of amides is 1. The molecule has 1 aliphatic rings. The Balaban J connectivity index is 1.64. The molecule has 4 aromatic rings. The van der Waals surface area contributed by atoms with Gasteiger partial charge in [0, 0.05) is 18.0 Å². The molecule has 0 spiro atoms. The minimum Gasteiger partial charge on any atom is -0.338 e. The van der Waals surface area contributed by atoms with Crippen molar-refractivity contribution in [1.29, 1.82) is 0 Å². The lowest BCUT2D eigenvalue weighted by molar-refractivity contribution is -0.140. The van der Waals surface area contributed by atoms with Gasteiger partial charge in [0.05, 0.1) is 0 Å². The van der Waals surface area contributed by atoms with Crippen LogP contribution in [-0.4, -0.2) is 29.6 Å². The molecule has 45 heavy (non-hydrogen) atoms. The smallest absolute Gasteiger partial charge is 0.228 e. The molecule has 0 radical (unpaired) electrons. The van der Waals surface area contributed by atoms with E-state index < -0.39 is 13.3 Å². The second kappa shape index (κ2) is 13.3. The van der Waals surface area contributed by atoms with Crippen LogP contribution in [0.4, 0.5) is 0 Å². The van der Waals surface area contributed by atoms with Crippen molar-refractivity contribution in [2.24, 2.45) is 10.8 Å². The predicted octanol–water partition coefficient (Wildman–Crippen LogP) is 9.09. The first-order chi connectivity index (χ1) is 21.3. The second-order valence-corrected chi connectivity index (χ2v) is 17.2. The molecule has 2 nitrogen and oxygen atoms in total. The van der Waals surface area contributed by atoms with Gasteiger partial charge in [-0.25, -0.2) is 0 Å². The second-order valence-electron chi connectivity index (χ2n) is 14.9. The Morgan fingerprint density at radius 1 is 0.711 bits per heavy atom. The van der Waals surface area contributed by atoms with Gasteiger partial charge in [0.2, 0.25) is 5.91 Å². The van der Waals surface area contributed by atoms with Crippen molar-refractivity contribution in [3.05, 3.63) is 129 Å². The normalized spacial score (nSPS) is 16.4. The lowest BCUT2D eigenvalue weighted by atomic mass is 9.72. The largest absolute Gasteiger partial charge is 0.338 e. The molecule has 1 atom stereocenters. The molecular formula is C42H52NOP. The number of nitrogens with zero attached hydrogens (tertiary/aromatic N) is 1. The first-order valence-electron chi connectivity index (χ1n) is 16.6. The van der Waals surface area contributed by atoms with E-state index in [-0.39, 0.29) is 17.4 Å². The van der Waals surface area contributed by atoms with Crippen LogP contribution in [0.3, 0.4) is 0 Å². The zero-order valence-corrected chi connectivity index (χ0v) is 29.9. The monoisotopic (exact) mass is 617 g/mol. The quantitative estimate of drug-likeness (QED) is 0.181. The molecule has 3 heteroatoms. The van der Waals surface area contributed by atoms with E-state index in [9.17, 15) is 4.79 Å². The Bertz CT molecular complexity index is 1500. The van der Waals surface area contributed by atoms with Crippen molar-refractivity contribution < 1.29 is 4.79 Å². The summed E-state index contributed by atoms with van der Waals surface area (Å²) in [6.45, 7) is 20.6. The van der Waals surface area contributed by atoms with Crippen molar-refractivity contribution in [3.8, 4) is 0 Å². The molecule has 1 aliphatic heterocycles. The van der Waals surface area contributed by atoms with Gasteiger partial charge in [-0.15, -0.1) is 0 Å². The van der Waals surface area contributed by atoms with E-state index in [1.807, 2.05) is 0 Å². The van der Waals surface area contributed by atoms with Crippen molar-refractivity contribution >= 4 is 24.4 Å². The van der Waals surface area contributed by atoms with Crippen LogP contribution in [0.5, 0.6) is 0 Å². The van der Waals surface area contributed by atoms with Crippen molar-refractivity contribution in [2.75, 3.05) is 12.7 Å². The van der Waals surface area contributed by atoms with Gasteiger partial charge in [0.1, 0.15) is 0 Å². The molecule has 0 saturated carbocycles. The Morgan fingerprint density at radius 2 is 1.11 bits per heavy atom. The van der Waals surface area contributed by atoms with Crippen LogP contribution < -0.4 is 10.6 Å². The predicted molar refractivity (Wildman–Crippen MR) is 195 cm³/mol. The summed E-state index contributed by atoms with van der Waals surface area (Å²) < 4.78 is 0. The number of carbonyl (C=O) groups is 1. The zero-order valence-electron chi connectivity index (χ0n) is 29.0. The Morgan fingerprint density at radius 3 is 1.49 bits per heavy atom. The van der Waals surface area contributed by atoms with Gasteiger partial charge in [-0.05, 0) is 124 Å². The molecule has 1 fully saturated rings. The summed E-state index contributed by atoms with van der Waals surface area (Å²) in [5, 5.41) is 2.77. The van der Waals surface area contributed by atoms with Gasteiger partial charge in [-0.1, -0.05) is 117 Å². The highest BCUT2D eigenvalue weighted by Gasteiger charge is 2.49. The molecule has 0 aliphatic carbocycles. The number of carbonyl (C=O) groups excluding carboxylic acids is 1. The lowest BCUT2D eigenvalue weighted by Gasteiger charge is -2.34.